The van der Waals surface area contributed by atoms with Gasteiger partial charge in [0.05, 0.1) is 5.75 Å². The maximum absolute atomic E-state index is 5.43. The molecule has 1 aliphatic rings. The second kappa shape index (κ2) is 7.61. The number of aryl methyl sites for hydroxylation is 2. The van der Waals surface area contributed by atoms with Crippen LogP contribution in [0.1, 0.15) is 55.4 Å². The van der Waals surface area contributed by atoms with Gasteiger partial charge in [0, 0.05) is 11.6 Å². The molecule has 7 heteroatoms. The normalized spacial score (nSPS) is 15.5. The summed E-state index contributed by atoms with van der Waals surface area (Å²) < 4.78 is 7.73. The number of thioether (sulfide) groups is 1. The predicted molar refractivity (Wildman–Crippen MR) is 101 cm³/mol. The van der Waals surface area contributed by atoms with E-state index in [1.807, 2.05) is 25.1 Å². The number of nitrogens with zero attached hydrogens (tertiary/aromatic N) is 5. The smallest absolute Gasteiger partial charge is 0.257 e. The third-order valence-corrected chi connectivity index (χ3v) is 5.78. The Bertz CT molecular complexity index is 882. The van der Waals surface area contributed by atoms with Crippen molar-refractivity contribution in [1.29, 1.82) is 0 Å². The summed E-state index contributed by atoms with van der Waals surface area (Å²) in [6, 6.07) is 8.61. The van der Waals surface area contributed by atoms with Gasteiger partial charge in [0.2, 0.25) is 0 Å². The summed E-state index contributed by atoms with van der Waals surface area (Å²) in [4.78, 5) is 4.53. The molecule has 26 heavy (non-hydrogen) atoms. The lowest BCUT2D eigenvalue weighted by molar-refractivity contribution is 0.332. The van der Waals surface area contributed by atoms with Crippen molar-refractivity contribution in [3.8, 4) is 11.5 Å². The van der Waals surface area contributed by atoms with Crippen LogP contribution in [0.5, 0.6) is 0 Å². The van der Waals surface area contributed by atoms with Gasteiger partial charge in [0.25, 0.3) is 5.89 Å². The van der Waals surface area contributed by atoms with E-state index in [-0.39, 0.29) is 0 Å². The molecule has 0 N–H and O–H groups in total. The molecule has 1 aromatic carbocycles. The van der Waals surface area contributed by atoms with Crippen molar-refractivity contribution in [3.05, 3.63) is 41.5 Å². The lowest BCUT2D eigenvalue weighted by Gasteiger charge is -2.24. The van der Waals surface area contributed by atoms with E-state index in [1.165, 1.54) is 37.7 Å². The van der Waals surface area contributed by atoms with Crippen molar-refractivity contribution in [2.45, 2.75) is 62.9 Å². The Hall–Kier alpha value is -2.15. The van der Waals surface area contributed by atoms with Crippen LogP contribution in [0.2, 0.25) is 0 Å². The van der Waals surface area contributed by atoms with Crippen LogP contribution in [0.4, 0.5) is 0 Å². The van der Waals surface area contributed by atoms with Gasteiger partial charge in [-0.1, -0.05) is 53.9 Å². The minimum absolute atomic E-state index is 0.523. The standard InChI is InChI=1S/C19H23N5OS/c1-13-7-6-8-15(11-13)18-20-17(23-25-18)12-26-19-22-21-14(2)24(19)16-9-4-3-5-10-16/h6-8,11,16H,3-5,9-10,12H2,1-2H3. The fraction of sp³-hybridized carbons (Fsp3) is 0.474. The Morgan fingerprint density at radius 3 is 2.81 bits per heavy atom. The molecule has 0 radical (unpaired) electrons. The van der Waals surface area contributed by atoms with Crippen LogP contribution in [0.3, 0.4) is 0 Å². The average Bonchev–Trinajstić information content (AvgIpc) is 3.27. The monoisotopic (exact) mass is 369 g/mol. The minimum Gasteiger partial charge on any atom is -0.334 e. The van der Waals surface area contributed by atoms with E-state index in [2.05, 4.69) is 37.9 Å². The number of rotatable bonds is 5. The molecular weight excluding hydrogens is 346 g/mol. The molecule has 0 amide bonds. The van der Waals surface area contributed by atoms with Gasteiger partial charge >= 0.3 is 0 Å². The van der Waals surface area contributed by atoms with Crippen LogP contribution >= 0.6 is 11.8 Å². The molecule has 0 atom stereocenters. The van der Waals surface area contributed by atoms with Crippen molar-refractivity contribution in [2.24, 2.45) is 0 Å². The lowest BCUT2D eigenvalue weighted by Crippen LogP contribution is -2.15. The predicted octanol–water partition coefficient (Wildman–Crippen LogP) is 4.74. The number of hydrogen-bond donors (Lipinski definition) is 0. The van der Waals surface area contributed by atoms with Crippen LogP contribution in [0, 0.1) is 13.8 Å². The first-order valence-corrected chi connectivity index (χ1v) is 10.1. The summed E-state index contributed by atoms with van der Waals surface area (Å²) in [6.45, 7) is 4.09. The number of aromatic nitrogens is 5. The zero-order chi connectivity index (χ0) is 17.9. The second-order valence-electron chi connectivity index (χ2n) is 6.87. The van der Waals surface area contributed by atoms with Gasteiger partial charge in [-0.05, 0) is 38.8 Å². The highest BCUT2D eigenvalue weighted by atomic mass is 32.2. The first kappa shape index (κ1) is 17.3. The van der Waals surface area contributed by atoms with Gasteiger partial charge < -0.3 is 9.09 Å². The zero-order valence-electron chi connectivity index (χ0n) is 15.2. The summed E-state index contributed by atoms with van der Waals surface area (Å²) in [5, 5.41) is 13.7. The summed E-state index contributed by atoms with van der Waals surface area (Å²) in [7, 11) is 0. The van der Waals surface area contributed by atoms with Gasteiger partial charge in [0.15, 0.2) is 11.0 Å². The van der Waals surface area contributed by atoms with Crippen molar-refractivity contribution in [3.63, 3.8) is 0 Å². The molecule has 0 bridgehead atoms. The van der Waals surface area contributed by atoms with Crippen LogP contribution in [-0.4, -0.2) is 24.9 Å². The SMILES string of the molecule is Cc1cccc(-c2nc(CSc3nnc(C)n3C3CCCCC3)no2)c1. The maximum atomic E-state index is 5.43. The van der Waals surface area contributed by atoms with E-state index < -0.39 is 0 Å². The molecule has 1 saturated carbocycles. The molecule has 4 rings (SSSR count). The first-order chi connectivity index (χ1) is 12.7. The molecule has 2 heterocycles. The minimum atomic E-state index is 0.523. The van der Waals surface area contributed by atoms with Gasteiger partial charge in [0.1, 0.15) is 5.82 Å². The highest BCUT2D eigenvalue weighted by Crippen LogP contribution is 2.33. The third kappa shape index (κ3) is 3.67. The highest BCUT2D eigenvalue weighted by molar-refractivity contribution is 7.98. The molecule has 1 aliphatic carbocycles. The van der Waals surface area contributed by atoms with E-state index in [0.29, 0.717) is 23.5 Å². The van der Waals surface area contributed by atoms with Crippen molar-refractivity contribution in [2.75, 3.05) is 0 Å². The Balaban J connectivity index is 1.47. The highest BCUT2D eigenvalue weighted by Gasteiger charge is 2.21. The van der Waals surface area contributed by atoms with Crippen LogP contribution in [0.25, 0.3) is 11.5 Å². The lowest BCUT2D eigenvalue weighted by atomic mass is 9.95. The maximum Gasteiger partial charge on any atom is 0.257 e. The Morgan fingerprint density at radius 2 is 2.00 bits per heavy atom. The summed E-state index contributed by atoms with van der Waals surface area (Å²) in [6.07, 6.45) is 6.34. The van der Waals surface area contributed by atoms with Gasteiger partial charge in [-0.2, -0.15) is 4.98 Å². The molecule has 136 valence electrons. The fourth-order valence-electron chi connectivity index (χ4n) is 3.55. The Labute approximate surface area is 157 Å². The van der Waals surface area contributed by atoms with Crippen molar-refractivity contribution < 1.29 is 4.52 Å². The van der Waals surface area contributed by atoms with Gasteiger partial charge in [-0.3, -0.25) is 0 Å². The van der Waals surface area contributed by atoms with Gasteiger partial charge in [-0.25, -0.2) is 0 Å². The third-order valence-electron chi connectivity index (χ3n) is 4.84. The quantitative estimate of drug-likeness (QED) is 0.605. The fourth-order valence-corrected chi connectivity index (χ4v) is 4.44. The molecule has 0 aliphatic heterocycles. The second-order valence-corrected chi connectivity index (χ2v) is 7.81. The van der Waals surface area contributed by atoms with Crippen molar-refractivity contribution >= 4 is 11.8 Å². The average molecular weight is 369 g/mol. The Kier molecular flexibility index (Phi) is 5.06. The number of benzene rings is 1. The van der Waals surface area contributed by atoms with E-state index >= 15 is 0 Å². The van der Waals surface area contributed by atoms with E-state index in [9.17, 15) is 0 Å². The zero-order valence-corrected chi connectivity index (χ0v) is 16.0. The summed E-state index contributed by atoms with van der Waals surface area (Å²) >= 11 is 1.63. The molecule has 1 fully saturated rings. The first-order valence-electron chi connectivity index (χ1n) is 9.14. The molecular formula is C19H23N5OS. The molecule has 0 unspecified atom stereocenters. The molecule has 0 spiro atoms. The molecule has 0 saturated heterocycles. The molecule has 6 nitrogen and oxygen atoms in total. The number of hydrogen-bond acceptors (Lipinski definition) is 6. The van der Waals surface area contributed by atoms with E-state index in [0.717, 1.165) is 16.5 Å². The largest absolute Gasteiger partial charge is 0.334 e. The summed E-state index contributed by atoms with van der Waals surface area (Å²) in [5.74, 6) is 2.87. The van der Waals surface area contributed by atoms with Crippen LogP contribution in [0.15, 0.2) is 33.9 Å². The van der Waals surface area contributed by atoms with Gasteiger partial charge in [-0.15, -0.1) is 10.2 Å². The van der Waals surface area contributed by atoms with E-state index in [1.54, 1.807) is 11.8 Å². The Morgan fingerprint density at radius 1 is 1.15 bits per heavy atom. The summed E-state index contributed by atoms with van der Waals surface area (Å²) in [5.41, 5.74) is 2.13. The molecule has 2 aromatic heterocycles. The van der Waals surface area contributed by atoms with Crippen LogP contribution in [-0.2, 0) is 5.75 Å². The molecule has 3 aromatic rings. The topological polar surface area (TPSA) is 69.6 Å². The van der Waals surface area contributed by atoms with Crippen LogP contribution < -0.4 is 0 Å². The van der Waals surface area contributed by atoms with Crippen molar-refractivity contribution in [1.82, 2.24) is 24.9 Å². The van der Waals surface area contributed by atoms with E-state index in [4.69, 9.17) is 4.52 Å².